The highest BCUT2D eigenvalue weighted by Gasteiger charge is 2.28. The largest absolute Gasteiger partial charge is 0.338 e. The molecule has 1 amide bonds. The summed E-state index contributed by atoms with van der Waals surface area (Å²) in [6.07, 6.45) is 8.46. The van der Waals surface area contributed by atoms with Gasteiger partial charge in [-0.25, -0.2) is 4.98 Å². The van der Waals surface area contributed by atoms with E-state index in [1.165, 1.54) is 32.1 Å². The monoisotopic (exact) mass is 292 g/mol. The van der Waals surface area contributed by atoms with Gasteiger partial charge in [0.05, 0.1) is 6.54 Å². The number of nitrogens with zero attached hydrogens (tertiary/aromatic N) is 3. The van der Waals surface area contributed by atoms with Crippen LogP contribution in [0.1, 0.15) is 63.5 Å². The zero-order chi connectivity index (χ0) is 15.2. The Bertz CT molecular complexity index is 449. The summed E-state index contributed by atoms with van der Waals surface area (Å²) in [6.45, 7) is 4.61. The average molecular weight is 292 g/mol. The lowest BCUT2D eigenvalue weighted by Crippen LogP contribution is -2.34. The van der Waals surface area contributed by atoms with E-state index < -0.39 is 0 Å². The molecule has 118 valence electrons. The number of rotatable bonds is 6. The minimum Gasteiger partial charge on any atom is -0.338 e. The van der Waals surface area contributed by atoms with Crippen LogP contribution in [0, 0.1) is 18.8 Å². The van der Waals surface area contributed by atoms with E-state index in [2.05, 4.69) is 22.1 Å². The first-order valence-electron chi connectivity index (χ1n) is 8.23. The molecule has 2 rings (SSSR count). The van der Waals surface area contributed by atoms with Gasteiger partial charge in [-0.05, 0) is 38.5 Å². The highest BCUT2D eigenvalue weighted by molar-refractivity contribution is 5.78. The number of unbranched alkanes of at least 4 members (excludes halogenated alkanes) is 1. The molecule has 1 aromatic heterocycles. The van der Waals surface area contributed by atoms with Crippen molar-refractivity contribution in [2.24, 2.45) is 11.8 Å². The van der Waals surface area contributed by atoms with Gasteiger partial charge in [0.25, 0.3) is 0 Å². The first-order valence-corrected chi connectivity index (χ1v) is 8.23. The fraction of sp³-hybridized carbons (Fsp3) is 0.812. The molecule has 1 fully saturated rings. The van der Waals surface area contributed by atoms with Gasteiger partial charge in [-0.1, -0.05) is 26.2 Å². The van der Waals surface area contributed by atoms with Crippen LogP contribution in [0.25, 0.3) is 0 Å². The molecule has 0 saturated heterocycles. The Kier molecular flexibility index (Phi) is 5.76. The molecule has 5 heteroatoms. The maximum atomic E-state index is 12.5. The molecule has 21 heavy (non-hydrogen) atoms. The summed E-state index contributed by atoms with van der Waals surface area (Å²) in [7, 11) is 1.86. The number of aromatic nitrogens is 3. The molecule has 1 N–H and O–H groups in total. The van der Waals surface area contributed by atoms with Crippen LogP contribution in [-0.4, -0.2) is 33.0 Å². The van der Waals surface area contributed by atoms with Crippen LogP contribution in [0.15, 0.2) is 0 Å². The number of nitrogens with one attached hydrogen (secondary N) is 1. The van der Waals surface area contributed by atoms with E-state index in [1.54, 1.807) is 4.90 Å². The summed E-state index contributed by atoms with van der Waals surface area (Å²) in [6, 6.07) is 0. The van der Waals surface area contributed by atoms with Gasteiger partial charge in [-0.15, -0.1) is 0 Å². The van der Waals surface area contributed by atoms with Crippen molar-refractivity contribution in [2.45, 2.75) is 65.3 Å². The first-order chi connectivity index (χ1) is 10.1. The molecular weight excluding hydrogens is 264 g/mol. The van der Waals surface area contributed by atoms with Crippen molar-refractivity contribution in [1.82, 2.24) is 20.1 Å². The van der Waals surface area contributed by atoms with Gasteiger partial charge in [-0.3, -0.25) is 9.89 Å². The Labute approximate surface area is 127 Å². The van der Waals surface area contributed by atoms with Crippen LogP contribution in [0.5, 0.6) is 0 Å². The van der Waals surface area contributed by atoms with Crippen molar-refractivity contribution >= 4 is 5.91 Å². The van der Waals surface area contributed by atoms with Crippen LogP contribution in [-0.2, 0) is 11.3 Å². The van der Waals surface area contributed by atoms with Crippen molar-refractivity contribution in [3.8, 4) is 0 Å². The summed E-state index contributed by atoms with van der Waals surface area (Å²) in [5.74, 6) is 2.79. The minimum atomic E-state index is 0.202. The van der Waals surface area contributed by atoms with Crippen LogP contribution in [0.3, 0.4) is 0 Å². The highest BCUT2D eigenvalue weighted by Crippen LogP contribution is 2.32. The molecule has 5 nitrogen and oxygen atoms in total. The summed E-state index contributed by atoms with van der Waals surface area (Å²) >= 11 is 0. The van der Waals surface area contributed by atoms with Crippen molar-refractivity contribution in [1.29, 1.82) is 0 Å². The maximum absolute atomic E-state index is 12.5. The zero-order valence-corrected chi connectivity index (χ0v) is 13.6. The van der Waals surface area contributed by atoms with Gasteiger partial charge in [-0.2, -0.15) is 5.10 Å². The minimum absolute atomic E-state index is 0.202. The highest BCUT2D eigenvalue weighted by atomic mass is 16.2. The number of carbonyl (C=O) groups excluding carboxylic acids is 1. The van der Waals surface area contributed by atoms with Gasteiger partial charge in [0.2, 0.25) is 5.91 Å². The van der Waals surface area contributed by atoms with Crippen molar-refractivity contribution in [2.75, 3.05) is 7.05 Å². The van der Waals surface area contributed by atoms with E-state index in [1.807, 2.05) is 14.0 Å². The van der Waals surface area contributed by atoms with Gasteiger partial charge in [0.1, 0.15) is 5.82 Å². The topological polar surface area (TPSA) is 61.9 Å². The Morgan fingerprint density at radius 3 is 2.62 bits per heavy atom. The van der Waals surface area contributed by atoms with Gasteiger partial charge >= 0.3 is 0 Å². The summed E-state index contributed by atoms with van der Waals surface area (Å²) in [5, 5.41) is 6.92. The number of amides is 1. The number of aromatic amines is 1. The molecule has 1 aliphatic carbocycles. The van der Waals surface area contributed by atoms with E-state index in [0.29, 0.717) is 12.4 Å². The van der Waals surface area contributed by atoms with E-state index in [-0.39, 0.29) is 11.8 Å². The third kappa shape index (κ3) is 4.55. The fourth-order valence-corrected chi connectivity index (χ4v) is 3.25. The van der Waals surface area contributed by atoms with Crippen molar-refractivity contribution in [3.05, 3.63) is 11.6 Å². The van der Waals surface area contributed by atoms with Crippen LogP contribution >= 0.6 is 0 Å². The first kappa shape index (κ1) is 16.0. The second-order valence-corrected chi connectivity index (χ2v) is 6.39. The number of hydrogen-bond donors (Lipinski definition) is 1. The Hall–Kier alpha value is -1.39. The molecule has 0 aromatic carbocycles. The van der Waals surface area contributed by atoms with E-state index in [9.17, 15) is 4.79 Å². The van der Waals surface area contributed by atoms with Gasteiger partial charge < -0.3 is 4.90 Å². The SMILES string of the molecule is CCCCC1CCC(C(=O)N(C)Cc2n[nH]c(C)n2)CC1. The fourth-order valence-electron chi connectivity index (χ4n) is 3.25. The third-order valence-corrected chi connectivity index (χ3v) is 4.56. The van der Waals surface area contributed by atoms with Crippen LogP contribution < -0.4 is 0 Å². The molecule has 0 bridgehead atoms. The number of hydrogen-bond acceptors (Lipinski definition) is 3. The van der Waals surface area contributed by atoms with E-state index in [0.717, 1.165) is 24.6 Å². The van der Waals surface area contributed by atoms with Gasteiger partial charge in [0.15, 0.2) is 5.82 Å². The molecule has 0 atom stereocenters. The average Bonchev–Trinajstić information content (AvgIpc) is 2.90. The summed E-state index contributed by atoms with van der Waals surface area (Å²) < 4.78 is 0. The molecular formula is C16H28N4O. The predicted octanol–water partition coefficient (Wildman–Crippen LogP) is 3.07. The second kappa shape index (κ2) is 7.57. The van der Waals surface area contributed by atoms with Gasteiger partial charge in [0, 0.05) is 13.0 Å². The zero-order valence-electron chi connectivity index (χ0n) is 13.6. The maximum Gasteiger partial charge on any atom is 0.225 e. The lowest BCUT2D eigenvalue weighted by atomic mass is 9.79. The molecule has 1 heterocycles. The smallest absolute Gasteiger partial charge is 0.225 e. The molecule has 1 saturated carbocycles. The van der Waals surface area contributed by atoms with E-state index >= 15 is 0 Å². The molecule has 0 radical (unpaired) electrons. The van der Waals surface area contributed by atoms with Crippen LogP contribution in [0.4, 0.5) is 0 Å². The Balaban J connectivity index is 1.78. The van der Waals surface area contributed by atoms with Crippen LogP contribution in [0.2, 0.25) is 0 Å². The lowest BCUT2D eigenvalue weighted by Gasteiger charge is -2.30. The number of H-pyrrole nitrogens is 1. The van der Waals surface area contributed by atoms with Crippen molar-refractivity contribution in [3.63, 3.8) is 0 Å². The molecule has 0 spiro atoms. The summed E-state index contributed by atoms with van der Waals surface area (Å²) in [4.78, 5) is 18.5. The second-order valence-electron chi connectivity index (χ2n) is 6.39. The Morgan fingerprint density at radius 1 is 1.33 bits per heavy atom. The molecule has 0 unspecified atom stereocenters. The molecule has 1 aliphatic rings. The van der Waals surface area contributed by atoms with Crippen molar-refractivity contribution < 1.29 is 4.79 Å². The summed E-state index contributed by atoms with van der Waals surface area (Å²) in [5.41, 5.74) is 0. The number of carbonyl (C=O) groups is 1. The third-order valence-electron chi connectivity index (χ3n) is 4.56. The predicted molar refractivity (Wildman–Crippen MR) is 82.6 cm³/mol. The standard InChI is InChI=1S/C16H28N4O/c1-4-5-6-13-7-9-14(10-8-13)16(21)20(3)11-15-17-12(2)18-19-15/h13-14H,4-11H2,1-3H3,(H,17,18,19). The normalized spacial score (nSPS) is 22.2. The lowest BCUT2D eigenvalue weighted by molar-refractivity contribution is -0.136. The quantitative estimate of drug-likeness (QED) is 0.876. The Morgan fingerprint density at radius 2 is 2.05 bits per heavy atom. The molecule has 1 aromatic rings. The molecule has 0 aliphatic heterocycles. The van der Waals surface area contributed by atoms with E-state index in [4.69, 9.17) is 0 Å². The number of aryl methyl sites for hydroxylation is 1.